The van der Waals surface area contributed by atoms with E-state index < -0.39 is 0 Å². The number of ether oxygens (including phenoxy) is 1. The molecule has 1 unspecified atom stereocenters. The van der Waals surface area contributed by atoms with Gasteiger partial charge in [-0.15, -0.1) is 0 Å². The molecule has 0 saturated heterocycles. The molecule has 2 N–H and O–H groups in total. The summed E-state index contributed by atoms with van der Waals surface area (Å²) in [6.07, 6.45) is 1.45. The van der Waals surface area contributed by atoms with E-state index in [1.54, 1.807) is 7.05 Å². The van der Waals surface area contributed by atoms with E-state index in [1.807, 2.05) is 12.1 Å². The summed E-state index contributed by atoms with van der Waals surface area (Å²) < 4.78 is 6.77. The maximum atomic E-state index is 11.2. The highest BCUT2D eigenvalue weighted by Crippen LogP contribution is 2.28. The average Bonchev–Trinajstić information content (AvgIpc) is 2.45. The Morgan fingerprint density at radius 3 is 2.85 bits per heavy atom. The zero-order valence-corrected chi connectivity index (χ0v) is 13.9. The molecule has 0 radical (unpaired) electrons. The van der Waals surface area contributed by atoms with E-state index in [1.165, 1.54) is 0 Å². The molecule has 0 saturated carbocycles. The number of carbonyl (C=O) groups excluding carboxylic acids is 1. The van der Waals surface area contributed by atoms with Crippen LogP contribution in [0, 0.1) is 0 Å². The normalized spacial score (nSPS) is 12.0. The number of halogens is 1. The Morgan fingerprint density at radius 2 is 2.20 bits per heavy atom. The van der Waals surface area contributed by atoms with Crippen molar-refractivity contribution in [2.45, 2.75) is 32.7 Å². The molecule has 0 aliphatic rings. The second-order valence-electron chi connectivity index (χ2n) is 4.63. The van der Waals surface area contributed by atoms with Crippen LogP contribution in [0.2, 0.25) is 0 Å². The van der Waals surface area contributed by atoms with Gasteiger partial charge in [0, 0.05) is 23.1 Å². The van der Waals surface area contributed by atoms with E-state index in [0.29, 0.717) is 13.0 Å². The van der Waals surface area contributed by atoms with Crippen LogP contribution in [0.3, 0.4) is 0 Å². The summed E-state index contributed by atoms with van der Waals surface area (Å²) in [6.45, 7) is 5.60. The first-order valence-corrected chi connectivity index (χ1v) is 7.74. The van der Waals surface area contributed by atoms with Gasteiger partial charge in [-0.2, -0.15) is 0 Å². The molecule has 0 aliphatic heterocycles. The number of carbonyl (C=O) groups is 1. The third kappa shape index (κ3) is 5.51. The second-order valence-corrected chi connectivity index (χ2v) is 5.55. The SMILES string of the molecule is CCCNC(C)c1cc(Br)ccc1OCCC(=O)NC. The summed E-state index contributed by atoms with van der Waals surface area (Å²) >= 11 is 3.49. The lowest BCUT2D eigenvalue weighted by atomic mass is 10.1. The Labute approximate surface area is 129 Å². The minimum Gasteiger partial charge on any atom is -0.493 e. The van der Waals surface area contributed by atoms with Crippen LogP contribution in [0.15, 0.2) is 22.7 Å². The van der Waals surface area contributed by atoms with Gasteiger partial charge in [-0.25, -0.2) is 0 Å². The van der Waals surface area contributed by atoms with Crippen LogP contribution in [0.1, 0.15) is 38.3 Å². The Morgan fingerprint density at radius 1 is 1.45 bits per heavy atom. The average molecular weight is 343 g/mol. The first-order valence-electron chi connectivity index (χ1n) is 6.94. The summed E-state index contributed by atoms with van der Waals surface area (Å²) in [6, 6.07) is 6.16. The van der Waals surface area contributed by atoms with Gasteiger partial charge in [0.2, 0.25) is 5.91 Å². The summed E-state index contributed by atoms with van der Waals surface area (Å²) in [5.74, 6) is 0.814. The number of benzene rings is 1. The van der Waals surface area contributed by atoms with E-state index in [9.17, 15) is 4.79 Å². The van der Waals surface area contributed by atoms with Gasteiger partial charge < -0.3 is 15.4 Å². The van der Waals surface area contributed by atoms with Crippen LogP contribution in [0.4, 0.5) is 0 Å². The topological polar surface area (TPSA) is 50.4 Å². The smallest absolute Gasteiger partial charge is 0.223 e. The molecule has 1 aromatic rings. The first kappa shape index (κ1) is 17.0. The number of rotatable bonds is 8. The number of amides is 1. The lowest BCUT2D eigenvalue weighted by Gasteiger charge is -2.18. The van der Waals surface area contributed by atoms with Gasteiger partial charge in [-0.05, 0) is 38.1 Å². The summed E-state index contributed by atoms with van der Waals surface area (Å²) in [5, 5.41) is 6.03. The molecular weight excluding hydrogens is 320 g/mol. The number of nitrogens with one attached hydrogen (secondary N) is 2. The first-order chi connectivity index (χ1) is 9.58. The molecule has 1 atom stereocenters. The van der Waals surface area contributed by atoms with E-state index >= 15 is 0 Å². The maximum Gasteiger partial charge on any atom is 0.223 e. The molecule has 5 heteroatoms. The van der Waals surface area contributed by atoms with E-state index in [0.717, 1.165) is 28.8 Å². The molecule has 1 amide bonds. The van der Waals surface area contributed by atoms with Crippen LogP contribution < -0.4 is 15.4 Å². The highest BCUT2D eigenvalue weighted by molar-refractivity contribution is 9.10. The molecule has 0 heterocycles. The van der Waals surface area contributed by atoms with Crippen molar-refractivity contribution in [3.05, 3.63) is 28.2 Å². The van der Waals surface area contributed by atoms with Gasteiger partial charge in [0.25, 0.3) is 0 Å². The quantitative estimate of drug-likeness (QED) is 0.763. The van der Waals surface area contributed by atoms with Crippen molar-refractivity contribution in [2.75, 3.05) is 20.2 Å². The Kier molecular flexibility index (Phi) is 7.62. The van der Waals surface area contributed by atoms with Crippen molar-refractivity contribution in [1.82, 2.24) is 10.6 Å². The van der Waals surface area contributed by atoms with E-state index in [2.05, 4.69) is 46.5 Å². The Bertz CT molecular complexity index is 438. The molecule has 0 aromatic heterocycles. The predicted octanol–water partition coefficient (Wildman–Crippen LogP) is 3.02. The third-order valence-electron chi connectivity index (χ3n) is 3.00. The fourth-order valence-corrected chi connectivity index (χ4v) is 2.22. The van der Waals surface area contributed by atoms with E-state index in [-0.39, 0.29) is 11.9 Å². The Hall–Kier alpha value is -1.07. The number of hydrogen-bond acceptors (Lipinski definition) is 3. The highest BCUT2D eigenvalue weighted by atomic mass is 79.9. The van der Waals surface area contributed by atoms with Crippen LogP contribution in [0.25, 0.3) is 0 Å². The monoisotopic (exact) mass is 342 g/mol. The fourth-order valence-electron chi connectivity index (χ4n) is 1.84. The van der Waals surface area contributed by atoms with Crippen LogP contribution in [0.5, 0.6) is 5.75 Å². The molecule has 1 rings (SSSR count). The largest absolute Gasteiger partial charge is 0.493 e. The standard InChI is InChI=1S/C15H23BrN2O2/c1-4-8-18-11(2)13-10-12(16)5-6-14(13)20-9-7-15(19)17-3/h5-6,10-11,18H,4,7-9H2,1-3H3,(H,17,19). The van der Waals surface area contributed by atoms with Crippen LogP contribution in [-0.4, -0.2) is 26.1 Å². The molecule has 4 nitrogen and oxygen atoms in total. The summed E-state index contributed by atoms with van der Waals surface area (Å²) in [7, 11) is 1.63. The highest BCUT2D eigenvalue weighted by Gasteiger charge is 2.12. The molecule has 0 fully saturated rings. The zero-order valence-electron chi connectivity index (χ0n) is 12.3. The van der Waals surface area contributed by atoms with Gasteiger partial charge in [0.15, 0.2) is 0 Å². The lowest BCUT2D eigenvalue weighted by Crippen LogP contribution is -2.22. The van der Waals surface area contributed by atoms with Crippen molar-refractivity contribution in [3.8, 4) is 5.75 Å². The third-order valence-corrected chi connectivity index (χ3v) is 3.50. The molecule has 1 aromatic carbocycles. The van der Waals surface area contributed by atoms with Gasteiger partial charge in [0.05, 0.1) is 13.0 Å². The molecule has 0 aliphatic carbocycles. The van der Waals surface area contributed by atoms with Crippen LogP contribution in [-0.2, 0) is 4.79 Å². The predicted molar refractivity (Wildman–Crippen MR) is 85.0 cm³/mol. The molecule has 112 valence electrons. The van der Waals surface area contributed by atoms with Gasteiger partial charge in [-0.1, -0.05) is 22.9 Å². The minimum absolute atomic E-state index is 0.0131. The second kappa shape index (κ2) is 8.97. The van der Waals surface area contributed by atoms with Crippen molar-refractivity contribution >= 4 is 21.8 Å². The van der Waals surface area contributed by atoms with Crippen molar-refractivity contribution in [1.29, 1.82) is 0 Å². The number of hydrogen-bond donors (Lipinski definition) is 2. The van der Waals surface area contributed by atoms with Crippen molar-refractivity contribution in [3.63, 3.8) is 0 Å². The molecule has 20 heavy (non-hydrogen) atoms. The Balaban J connectivity index is 2.71. The van der Waals surface area contributed by atoms with Crippen molar-refractivity contribution in [2.24, 2.45) is 0 Å². The maximum absolute atomic E-state index is 11.2. The lowest BCUT2D eigenvalue weighted by molar-refractivity contribution is -0.121. The minimum atomic E-state index is -0.0131. The molecule has 0 bridgehead atoms. The summed E-state index contributed by atoms with van der Waals surface area (Å²) in [5.41, 5.74) is 1.10. The molecule has 0 spiro atoms. The summed E-state index contributed by atoms with van der Waals surface area (Å²) in [4.78, 5) is 11.2. The van der Waals surface area contributed by atoms with Gasteiger partial charge in [-0.3, -0.25) is 4.79 Å². The van der Waals surface area contributed by atoms with Gasteiger partial charge >= 0.3 is 0 Å². The fraction of sp³-hybridized carbons (Fsp3) is 0.533. The molecular formula is C15H23BrN2O2. The zero-order chi connectivity index (χ0) is 15.0. The van der Waals surface area contributed by atoms with Crippen molar-refractivity contribution < 1.29 is 9.53 Å². The van der Waals surface area contributed by atoms with Crippen LogP contribution >= 0.6 is 15.9 Å². The van der Waals surface area contributed by atoms with Gasteiger partial charge in [0.1, 0.15) is 5.75 Å². The van der Waals surface area contributed by atoms with E-state index in [4.69, 9.17) is 4.74 Å².